The van der Waals surface area contributed by atoms with Crippen LogP contribution in [0.4, 0.5) is 0 Å². The lowest BCUT2D eigenvalue weighted by molar-refractivity contribution is 0.00578. The summed E-state index contributed by atoms with van der Waals surface area (Å²) >= 11 is 0. The van der Waals surface area contributed by atoms with E-state index in [1.165, 1.54) is 6.42 Å². The van der Waals surface area contributed by atoms with Crippen LogP contribution < -0.4 is 0 Å². The summed E-state index contributed by atoms with van der Waals surface area (Å²) in [7, 11) is -0.0707. The smallest absolute Gasteiger partial charge is 0.403 e. The zero-order chi connectivity index (χ0) is 14.8. The number of hydrogen-bond donors (Lipinski definition) is 0. The average Bonchev–Trinajstić information content (AvgIpc) is 2.65. The Bertz CT molecular complexity index is 359. The van der Waals surface area contributed by atoms with Gasteiger partial charge in [0.2, 0.25) is 0 Å². The molecule has 2 aliphatic rings. The van der Waals surface area contributed by atoms with Crippen molar-refractivity contribution in [3.8, 4) is 6.07 Å². The lowest BCUT2D eigenvalue weighted by Crippen LogP contribution is -2.41. The van der Waals surface area contributed by atoms with Crippen molar-refractivity contribution in [2.75, 3.05) is 0 Å². The van der Waals surface area contributed by atoms with Crippen molar-refractivity contribution in [3.63, 3.8) is 0 Å². The average molecular weight is 277 g/mol. The van der Waals surface area contributed by atoms with Crippen LogP contribution in [0.5, 0.6) is 0 Å². The van der Waals surface area contributed by atoms with E-state index in [0.29, 0.717) is 5.82 Å². The fourth-order valence-electron chi connectivity index (χ4n) is 3.19. The molecule has 0 bridgehead atoms. The van der Waals surface area contributed by atoms with Gasteiger partial charge in [-0.3, -0.25) is 0 Å². The first-order chi connectivity index (χ1) is 9.36. The van der Waals surface area contributed by atoms with Crippen LogP contribution in [0.1, 0.15) is 72.6 Å². The molecule has 2 unspecified atom stereocenters. The Morgan fingerprint density at radius 3 is 2.00 bits per heavy atom. The molecule has 0 radical (unpaired) electrons. The van der Waals surface area contributed by atoms with E-state index in [1.807, 2.05) is 0 Å². The second-order valence-electron chi connectivity index (χ2n) is 7.43. The van der Waals surface area contributed by atoms with Gasteiger partial charge in [-0.25, -0.2) is 0 Å². The maximum absolute atomic E-state index is 9.11. The van der Waals surface area contributed by atoms with Crippen molar-refractivity contribution in [2.24, 2.45) is 5.92 Å². The third kappa shape index (κ3) is 3.38. The molecular formula is C16H28BNO2. The van der Waals surface area contributed by atoms with Crippen LogP contribution in [0, 0.1) is 17.2 Å². The quantitative estimate of drug-likeness (QED) is 0.670. The summed E-state index contributed by atoms with van der Waals surface area (Å²) < 4.78 is 12.4. The standard InChI is InChI=1S/C16H28BNO2/c1-15(2)16(3,4)20-17(19-15)14-10-6-5-8-13(12-18)9-7-11-14/h13-14H,5-11H2,1-4H3. The molecule has 3 nitrogen and oxygen atoms in total. The third-order valence-corrected chi connectivity index (χ3v) is 5.34. The number of rotatable bonds is 1. The van der Waals surface area contributed by atoms with Gasteiger partial charge in [0, 0.05) is 5.92 Å². The molecule has 2 atom stereocenters. The summed E-state index contributed by atoms with van der Waals surface area (Å²) in [5.74, 6) is 0.737. The Hall–Kier alpha value is -0.525. The van der Waals surface area contributed by atoms with Crippen molar-refractivity contribution in [2.45, 2.75) is 89.7 Å². The van der Waals surface area contributed by atoms with Crippen molar-refractivity contribution in [1.29, 1.82) is 5.26 Å². The fraction of sp³-hybridized carbons (Fsp3) is 0.938. The van der Waals surface area contributed by atoms with Gasteiger partial charge in [0.15, 0.2) is 0 Å². The van der Waals surface area contributed by atoms with E-state index in [-0.39, 0.29) is 24.2 Å². The second-order valence-corrected chi connectivity index (χ2v) is 7.43. The van der Waals surface area contributed by atoms with Crippen LogP contribution in [0.2, 0.25) is 5.82 Å². The van der Waals surface area contributed by atoms with E-state index in [0.717, 1.165) is 38.5 Å². The van der Waals surface area contributed by atoms with E-state index in [2.05, 4.69) is 33.8 Å². The van der Waals surface area contributed by atoms with E-state index in [4.69, 9.17) is 14.6 Å². The van der Waals surface area contributed by atoms with E-state index < -0.39 is 0 Å². The third-order valence-electron chi connectivity index (χ3n) is 5.34. The normalized spacial score (nSPS) is 33.9. The molecule has 0 amide bonds. The van der Waals surface area contributed by atoms with Crippen LogP contribution >= 0.6 is 0 Å². The van der Waals surface area contributed by atoms with Gasteiger partial charge >= 0.3 is 7.12 Å². The summed E-state index contributed by atoms with van der Waals surface area (Å²) in [5.41, 5.74) is -0.462. The first kappa shape index (κ1) is 15.9. The molecule has 1 saturated heterocycles. The Balaban J connectivity index is 1.97. The number of nitriles is 1. The van der Waals surface area contributed by atoms with Crippen molar-refractivity contribution < 1.29 is 9.31 Å². The lowest BCUT2D eigenvalue weighted by atomic mass is 9.67. The Kier molecular flexibility index (Phi) is 4.82. The molecule has 1 heterocycles. The fourth-order valence-corrected chi connectivity index (χ4v) is 3.19. The minimum atomic E-state index is -0.231. The Morgan fingerprint density at radius 1 is 0.900 bits per heavy atom. The minimum Gasteiger partial charge on any atom is -0.403 e. The molecule has 2 rings (SSSR count). The largest absolute Gasteiger partial charge is 0.461 e. The zero-order valence-electron chi connectivity index (χ0n) is 13.4. The molecule has 0 aromatic carbocycles. The second kappa shape index (κ2) is 6.07. The molecule has 4 heteroatoms. The van der Waals surface area contributed by atoms with Gasteiger partial charge < -0.3 is 9.31 Å². The summed E-state index contributed by atoms with van der Waals surface area (Å²) in [4.78, 5) is 0. The highest BCUT2D eigenvalue weighted by Gasteiger charge is 2.53. The van der Waals surface area contributed by atoms with E-state index in [1.54, 1.807) is 0 Å². The van der Waals surface area contributed by atoms with Crippen molar-refractivity contribution in [1.82, 2.24) is 0 Å². The van der Waals surface area contributed by atoms with Crippen LogP contribution in [0.25, 0.3) is 0 Å². The minimum absolute atomic E-state index is 0.0707. The molecular weight excluding hydrogens is 249 g/mol. The zero-order valence-corrected chi connectivity index (χ0v) is 13.4. The van der Waals surface area contributed by atoms with Gasteiger partial charge in [-0.1, -0.05) is 32.1 Å². The maximum atomic E-state index is 9.11. The van der Waals surface area contributed by atoms with Crippen molar-refractivity contribution in [3.05, 3.63) is 0 Å². The van der Waals surface area contributed by atoms with Gasteiger partial charge in [-0.05, 0) is 46.4 Å². The SMILES string of the molecule is CC1(C)OB(C2CCCCC(C#N)CCC2)OC1(C)C. The Morgan fingerprint density at radius 2 is 1.40 bits per heavy atom. The molecule has 112 valence electrons. The molecule has 1 aliphatic carbocycles. The van der Waals surface area contributed by atoms with Gasteiger partial charge in [0.25, 0.3) is 0 Å². The molecule has 0 aromatic heterocycles. The molecule has 1 aliphatic heterocycles. The highest BCUT2D eigenvalue weighted by molar-refractivity contribution is 6.47. The maximum Gasteiger partial charge on any atom is 0.461 e. The first-order valence-electron chi connectivity index (χ1n) is 8.11. The molecule has 1 saturated carbocycles. The van der Waals surface area contributed by atoms with Gasteiger partial charge in [-0.15, -0.1) is 0 Å². The Labute approximate surface area is 124 Å². The van der Waals surface area contributed by atoms with E-state index in [9.17, 15) is 0 Å². The van der Waals surface area contributed by atoms with E-state index >= 15 is 0 Å². The monoisotopic (exact) mass is 277 g/mol. The molecule has 0 N–H and O–H groups in total. The van der Waals surface area contributed by atoms with Crippen LogP contribution in [-0.2, 0) is 9.31 Å². The van der Waals surface area contributed by atoms with Crippen LogP contribution in [0.3, 0.4) is 0 Å². The topological polar surface area (TPSA) is 42.2 Å². The predicted octanol–water partition coefficient (Wildman–Crippen LogP) is 4.33. The van der Waals surface area contributed by atoms with Gasteiger partial charge in [0.05, 0.1) is 17.3 Å². The van der Waals surface area contributed by atoms with Crippen LogP contribution in [-0.4, -0.2) is 18.3 Å². The predicted molar refractivity (Wildman–Crippen MR) is 81.3 cm³/mol. The van der Waals surface area contributed by atoms with Crippen LogP contribution in [0.15, 0.2) is 0 Å². The molecule has 0 spiro atoms. The first-order valence-corrected chi connectivity index (χ1v) is 8.11. The van der Waals surface area contributed by atoms with Gasteiger partial charge in [-0.2, -0.15) is 5.26 Å². The van der Waals surface area contributed by atoms with Gasteiger partial charge in [0.1, 0.15) is 0 Å². The summed E-state index contributed by atoms with van der Waals surface area (Å²) in [6, 6.07) is 2.45. The lowest BCUT2D eigenvalue weighted by Gasteiger charge is -2.32. The molecule has 0 aromatic rings. The summed E-state index contributed by atoms with van der Waals surface area (Å²) in [6.45, 7) is 8.48. The number of nitrogens with zero attached hydrogens (tertiary/aromatic N) is 1. The summed E-state index contributed by atoms with van der Waals surface area (Å²) in [5, 5.41) is 9.11. The molecule has 20 heavy (non-hydrogen) atoms. The highest BCUT2D eigenvalue weighted by atomic mass is 16.7. The molecule has 2 fully saturated rings. The van der Waals surface area contributed by atoms with Crippen molar-refractivity contribution >= 4 is 7.12 Å². The summed E-state index contributed by atoms with van der Waals surface area (Å²) in [6.07, 6.45) is 7.84. The highest BCUT2D eigenvalue weighted by Crippen LogP contribution is 2.43. The number of hydrogen-bond acceptors (Lipinski definition) is 3.